The molecule has 1 aromatic carbocycles. The van der Waals surface area contributed by atoms with Gasteiger partial charge < -0.3 is 9.84 Å². The predicted octanol–water partition coefficient (Wildman–Crippen LogP) is 4.13. The standard InChI is InChI=1S/C15H20O3/c1-11(10-18-14(16)17)9-12-5-7-13(8-6-12)15(2,3)4/h5-8,10H,9H2,1-4H3,(H,16,17)/b11-10+. The summed E-state index contributed by atoms with van der Waals surface area (Å²) in [5.41, 5.74) is 3.46. The highest BCUT2D eigenvalue weighted by Crippen LogP contribution is 2.22. The van der Waals surface area contributed by atoms with E-state index in [1.807, 2.05) is 6.92 Å². The number of rotatable bonds is 3. The van der Waals surface area contributed by atoms with Gasteiger partial charge in [-0.05, 0) is 35.5 Å². The van der Waals surface area contributed by atoms with E-state index in [9.17, 15) is 4.79 Å². The number of carbonyl (C=O) groups is 1. The maximum absolute atomic E-state index is 10.2. The van der Waals surface area contributed by atoms with Crippen LogP contribution in [0.15, 0.2) is 36.1 Å². The Labute approximate surface area is 108 Å². The zero-order valence-electron chi connectivity index (χ0n) is 11.4. The third kappa shape index (κ3) is 4.62. The first-order valence-corrected chi connectivity index (χ1v) is 5.93. The second kappa shape index (κ2) is 5.71. The van der Waals surface area contributed by atoms with Gasteiger partial charge in [0.05, 0.1) is 6.26 Å². The molecule has 1 aromatic rings. The third-order valence-corrected chi connectivity index (χ3v) is 2.66. The Morgan fingerprint density at radius 1 is 1.28 bits per heavy atom. The van der Waals surface area contributed by atoms with Crippen molar-refractivity contribution >= 4 is 6.16 Å². The van der Waals surface area contributed by atoms with Crippen LogP contribution in [0.4, 0.5) is 4.79 Å². The fourth-order valence-corrected chi connectivity index (χ4v) is 1.64. The molecule has 98 valence electrons. The SMILES string of the molecule is C/C(=C\OC(=O)O)Cc1ccc(C(C)(C)C)cc1. The summed E-state index contributed by atoms with van der Waals surface area (Å²) in [5.74, 6) is 0. The Morgan fingerprint density at radius 3 is 2.28 bits per heavy atom. The third-order valence-electron chi connectivity index (χ3n) is 2.66. The molecule has 0 bridgehead atoms. The number of hydrogen-bond acceptors (Lipinski definition) is 2. The second-order valence-electron chi connectivity index (χ2n) is 5.47. The summed E-state index contributed by atoms with van der Waals surface area (Å²) in [6, 6.07) is 8.36. The van der Waals surface area contributed by atoms with E-state index >= 15 is 0 Å². The maximum atomic E-state index is 10.2. The normalized spacial score (nSPS) is 12.3. The van der Waals surface area contributed by atoms with E-state index in [0.717, 1.165) is 11.1 Å². The number of benzene rings is 1. The van der Waals surface area contributed by atoms with Gasteiger partial charge in [-0.3, -0.25) is 0 Å². The Hall–Kier alpha value is -1.77. The minimum atomic E-state index is -1.28. The summed E-state index contributed by atoms with van der Waals surface area (Å²) in [5, 5.41) is 8.39. The lowest BCUT2D eigenvalue weighted by molar-refractivity contribution is 0.127. The molecule has 3 nitrogen and oxygen atoms in total. The summed E-state index contributed by atoms with van der Waals surface area (Å²) >= 11 is 0. The number of ether oxygens (including phenoxy) is 1. The van der Waals surface area contributed by atoms with Gasteiger partial charge in [-0.25, -0.2) is 4.79 Å². The van der Waals surface area contributed by atoms with Crippen LogP contribution in [0, 0.1) is 0 Å². The molecule has 0 spiro atoms. The van der Waals surface area contributed by atoms with E-state index in [4.69, 9.17) is 5.11 Å². The van der Waals surface area contributed by atoms with E-state index in [-0.39, 0.29) is 5.41 Å². The van der Waals surface area contributed by atoms with E-state index < -0.39 is 6.16 Å². The molecule has 0 amide bonds. The maximum Gasteiger partial charge on any atom is 0.510 e. The average molecular weight is 248 g/mol. The molecule has 0 atom stereocenters. The quantitative estimate of drug-likeness (QED) is 0.646. The summed E-state index contributed by atoms with van der Waals surface area (Å²) in [6.45, 7) is 8.37. The van der Waals surface area contributed by atoms with Crippen molar-refractivity contribution in [1.82, 2.24) is 0 Å². The minimum absolute atomic E-state index is 0.149. The molecule has 0 aromatic heterocycles. The molecule has 0 fully saturated rings. The zero-order valence-corrected chi connectivity index (χ0v) is 11.4. The largest absolute Gasteiger partial charge is 0.510 e. The van der Waals surface area contributed by atoms with Gasteiger partial charge in [-0.1, -0.05) is 45.0 Å². The molecule has 0 aliphatic heterocycles. The number of allylic oxidation sites excluding steroid dienone is 1. The van der Waals surface area contributed by atoms with Crippen molar-refractivity contribution in [2.45, 2.75) is 39.5 Å². The molecule has 1 N–H and O–H groups in total. The molecule has 0 heterocycles. The van der Waals surface area contributed by atoms with E-state index in [0.29, 0.717) is 6.42 Å². The summed E-state index contributed by atoms with van der Waals surface area (Å²) < 4.78 is 4.41. The molecular weight excluding hydrogens is 228 g/mol. The topological polar surface area (TPSA) is 46.5 Å². The molecule has 0 aliphatic rings. The monoisotopic (exact) mass is 248 g/mol. The van der Waals surface area contributed by atoms with Crippen LogP contribution in [-0.2, 0) is 16.6 Å². The molecule has 0 aliphatic carbocycles. The molecule has 0 saturated carbocycles. The van der Waals surface area contributed by atoms with Crippen LogP contribution in [0.1, 0.15) is 38.8 Å². The molecule has 0 saturated heterocycles. The van der Waals surface area contributed by atoms with Crippen LogP contribution in [-0.4, -0.2) is 11.3 Å². The summed E-state index contributed by atoms with van der Waals surface area (Å²) in [4.78, 5) is 10.2. The van der Waals surface area contributed by atoms with Crippen molar-refractivity contribution in [1.29, 1.82) is 0 Å². The first-order chi connectivity index (χ1) is 8.29. The van der Waals surface area contributed by atoms with Crippen LogP contribution in [0.2, 0.25) is 0 Å². The van der Waals surface area contributed by atoms with Crippen LogP contribution in [0.5, 0.6) is 0 Å². The van der Waals surface area contributed by atoms with Gasteiger partial charge in [0, 0.05) is 0 Å². The van der Waals surface area contributed by atoms with Gasteiger partial charge in [-0.2, -0.15) is 0 Å². The first-order valence-electron chi connectivity index (χ1n) is 5.93. The molecule has 18 heavy (non-hydrogen) atoms. The number of hydrogen-bond donors (Lipinski definition) is 1. The number of carboxylic acid groups (broad SMARTS) is 1. The van der Waals surface area contributed by atoms with Gasteiger partial charge in [0.25, 0.3) is 0 Å². The molecule has 1 rings (SSSR count). The lowest BCUT2D eigenvalue weighted by Crippen LogP contribution is -2.10. The average Bonchev–Trinajstić information content (AvgIpc) is 2.26. The molecule has 0 unspecified atom stereocenters. The van der Waals surface area contributed by atoms with E-state index in [2.05, 4.69) is 49.8 Å². The first kappa shape index (κ1) is 14.3. The van der Waals surface area contributed by atoms with Crippen molar-refractivity contribution in [2.75, 3.05) is 0 Å². The Morgan fingerprint density at radius 2 is 1.83 bits per heavy atom. The molecule has 3 heteroatoms. The zero-order chi connectivity index (χ0) is 13.8. The van der Waals surface area contributed by atoms with Gasteiger partial charge in [-0.15, -0.1) is 0 Å². The van der Waals surface area contributed by atoms with Gasteiger partial charge in [0.1, 0.15) is 0 Å². The van der Waals surface area contributed by atoms with Crippen molar-refractivity contribution in [3.05, 3.63) is 47.2 Å². The Kier molecular flexibility index (Phi) is 4.54. The molecule has 0 radical (unpaired) electrons. The van der Waals surface area contributed by atoms with Crippen LogP contribution < -0.4 is 0 Å². The summed E-state index contributed by atoms with van der Waals surface area (Å²) in [7, 11) is 0. The highest BCUT2D eigenvalue weighted by molar-refractivity contribution is 5.57. The van der Waals surface area contributed by atoms with Crippen molar-refractivity contribution in [3.8, 4) is 0 Å². The van der Waals surface area contributed by atoms with Gasteiger partial charge in [0.15, 0.2) is 0 Å². The predicted molar refractivity (Wildman–Crippen MR) is 71.7 cm³/mol. The van der Waals surface area contributed by atoms with E-state index in [1.54, 1.807) is 0 Å². The smallest absolute Gasteiger partial charge is 0.449 e. The van der Waals surface area contributed by atoms with Crippen molar-refractivity contribution < 1.29 is 14.6 Å². The fourth-order valence-electron chi connectivity index (χ4n) is 1.64. The van der Waals surface area contributed by atoms with Gasteiger partial charge in [0.2, 0.25) is 0 Å². The second-order valence-corrected chi connectivity index (χ2v) is 5.47. The molecular formula is C15H20O3. The van der Waals surface area contributed by atoms with Crippen LogP contribution in [0.25, 0.3) is 0 Å². The highest BCUT2D eigenvalue weighted by Gasteiger charge is 2.12. The van der Waals surface area contributed by atoms with Crippen molar-refractivity contribution in [3.63, 3.8) is 0 Å². The lowest BCUT2D eigenvalue weighted by Gasteiger charge is -2.19. The van der Waals surface area contributed by atoms with E-state index in [1.165, 1.54) is 11.8 Å². The van der Waals surface area contributed by atoms with Crippen LogP contribution in [0.3, 0.4) is 0 Å². The fraction of sp³-hybridized carbons (Fsp3) is 0.400. The van der Waals surface area contributed by atoms with Crippen molar-refractivity contribution in [2.24, 2.45) is 0 Å². The Bertz CT molecular complexity index is 436. The lowest BCUT2D eigenvalue weighted by atomic mass is 9.86. The summed E-state index contributed by atoms with van der Waals surface area (Å²) in [6.07, 6.45) is 0.690. The minimum Gasteiger partial charge on any atom is -0.449 e. The Balaban J connectivity index is 2.70. The van der Waals surface area contributed by atoms with Gasteiger partial charge >= 0.3 is 6.16 Å². The highest BCUT2D eigenvalue weighted by atomic mass is 16.7. The van der Waals surface area contributed by atoms with Crippen LogP contribution >= 0.6 is 0 Å².